The summed E-state index contributed by atoms with van der Waals surface area (Å²) in [5.41, 5.74) is -1.41. The van der Waals surface area contributed by atoms with E-state index >= 15 is 0 Å². The summed E-state index contributed by atoms with van der Waals surface area (Å²) in [6.07, 6.45) is -0.793. The Bertz CT molecular complexity index is 1480. The number of rotatable bonds is 0. The van der Waals surface area contributed by atoms with Crippen LogP contribution >= 0.6 is 0 Å². The molecule has 2 fully saturated rings. The maximum atomic E-state index is 13.7. The second kappa shape index (κ2) is 5.67. The van der Waals surface area contributed by atoms with E-state index in [1.165, 1.54) is 4.57 Å². The van der Waals surface area contributed by atoms with E-state index in [1.54, 1.807) is 43.0 Å². The number of aliphatic hydroxyl groups is 1. The van der Waals surface area contributed by atoms with Gasteiger partial charge in [0.2, 0.25) is 11.8 Å². The molecule has 9 nitrogen and oxygen atoms in total. The molecule has 2 amide bonds. The maximum Gasteiger partial charge on any atom is 0.262 e. The molecule has 3 aromatic rings. The molecule has 2 aromatic carbocycles. The van der Waals surface area contributed by atoms with Crippen molar-refractivity contribution in [3.05, 3.63) is 70.3 Å². The van der Waals surface area contributed by atoms with Crippen LogP contribution in [0.2, 0.25) is 0 Å². The van der Waals surface area contributed by atoms with Gasteiger partial charge in [-0.2, -0.15) is 0 Å². The summed E-state index contributed by atoms with van der Waals surface area (Å²) in [6, 6.07) is 12.6. The Labute approximate surface area is 188 Å². The van der Waals surface area contributed by atoms with E-state index < -0.39 is 29.5 Å². The molecule has 5 aliphatic rings. The number of anilines is 1. The molecule has 33 heavy (non-hydrogen) atoms. The number of carbonyl (C=O) groups excluding carboxylic acids is 2. The molecule has 5 atom stereocenters. The summed E-state index contributed by atoms with van der Waals surface area (Å²) < 4.78 is 1.43. The Morgan fingerprint density at radius 3 is 2.64 bits per heavy atom. The highest BCUT2D eigenvalue weighted by molar-refractivity contribution is 6.03. The number of hydrogen-bond donors (Lipinski definition) is 2. The predicted octanol–water partition coefficient (Wildman–Crippen LogP) is 0.908. The first-order valence-electron chi connectivity index (χ1n) is 11.0. The van der Waals surface area contributed by atoms with E-state index in [9.17, 15) is 19.5 Å². The van der Waals surface area contributed by atoms with Crippen LogP contribution in [0.15, 0.2) is 53.3 Å². The minimum Gasteiger partial charge on any atom is -0.381 e. The molecular weight excluding hydrogens is 422 g/mol. The van der Waals surface area contributed by atoms with Crippen LogP contribution in [0.5, 0.6) is 0 Å². The van der Waals surface area contributed by atoms with Gasteiger partial charge in [0.25, 0.3) is 5.56 Å². The average Bonchev–Trinajstić information content (AvgIpc) is 3.21. The van der Waals surface area contributed by atoms with Gasteiger partial charge in [-0.3, -0.25) is 23.9 Å². The van der Waals surface area contributed by atoms with Crippen LogP contribution in [0, 0.1) is 0 Å². The van der Waals surface area contributed by atoms with Gasteiger partial charge in [0.15, 0.2) is 11.5 Å². The number of fused-ring (bicyclic) bond motifs is 4. The Morgan fingerprint density at radius 1 is 1.09 bits per heavy atom. The minimum absolute atomic E-state index is 0.0590. The predicted molar refractivity (Wildman–Crippen MR) is 118 cm³/mol. The zero-order valence-electron chi connectivity index (χ0n) is 18.0. The lowest BCUT2D eigenvalue weighted by atomic mass is 9.81. The lowest BCUT2D eigenvalue weighted by Gasteiger charge is -2.53. The van der Waals surface area contributed by atoms with Crippen LogP contribution in [-0.2, 0) is 20.9 Å². The fourth-order valence-electron chi connectivity index (χ4n) is 6.44. The molecule has 0 spiro atoms. The Morgan fingerprint density at radius 2 is 1.82 bits per heavy atom. The van der Waals surface area contributed by atoms with Crippen LogP contribution in [0.1, 0.15) is 37.7 Å². The molecule has 8 rings (SSSR count). The third-order valence-corrected chi connectivity index (χ3v) is 7.82. The summed E-state index contributed by atoms with van der Waals surface area (Å²) >= 11 is 0. The number of aromatic nitrogens is 2. The second-order valence-electron chi connectivity index (χ2n) is 9.52. The molecule has 0 saturated carbocycles. The van der Waals surface area contributed by atoms with Gasteiger partial charge in [-0.1, -0.05) is 30.3 Å². The van der Waals surface area contributed by atoms with Crippen molar-refractivity contribution in [2.45, 2.75) is 49.8 Å². The third kappa shape index (κ3) is 1.97. The number of para-hydroxylation sites is 2. The summed E-state index contributed by atoms with van der Waals surface area (Å²) in [6.45, 7) is 3.52. The van der Waals surface area contributed by atoms with Crippen molar-refractivity contribution in [3.8, 4) is 0 Å². The highest BCUT2D eigenvalue weighted by Gasteiger charge is 2.69. The van der Waals surface area contributed by atoms with Gasteiger partial charge in [0, 0.05) is 12.0 Å². The van der Waals surface area contributed by atoms with Crippen LogP contribution in [0.4, 0.5) is 5.69 Å². The first kappa shape index (κ1) is 19.0. The standard InChI is InChI=1S/C24H21N5O4/c1-12-19(31)28-16-10-6-4-8-14(16)24(33)11-17-18(30)26-23(2,29(12)22(24)28)21-25-15-9-5-3-7-13(15)20(32)27(17)21/h3-10,12,17,22,33H,11H2,1-2H3,(H,26,30)/t12-,17+,22?,23-,24-/m0/s1. The Kier molecular flexibility index (Phi) is 3.26. The van der Waals surface area contributed by atoms with Gasteiger partial charge < -0.3 is 10.4 Å². The summed E-state index contributed by atoms with van der Waals surface area (Å²) in [5, 5.41) is 15.7. The molecule has 166 valence electrons. The van der Waals surface area contributed by atoms with E-state index in [0.717, 1.165) is 0 Å². The monoisotopic (exact) mass is 443 g/mol. The fraction of sp³-hybridized carbons (Fsp3) is 0.333. The van der Waals surface area contributed by atoms with E-state index in [1.807, 2.05) is 29.2 Å². The van der Waals surface area contributed by atoms with Crippen LogP contribution in [0.3, 0.4) is 0 Å². The zero-order chi connectivity index (χ0) is 22.9. The lowest BCUT2D eigenvalue weighted by molar-refractivity contribution is -0.157. The zero-order valence-corrected chi connectivity index (χ0v) is 18.0. The van der Waals surface area contributed by atoms with Gasteiger partial charge >= 0.3 is 0 Å². The topological polar surface area (TPSA) is 108 Å². The largest absolute Gasteiger partial charge is 0.381 e. The molecule has 1 unspecified atom stereocenters. The summed E-state index contributed by atoms with van der Waals surface area (Å²) in [4.78, 5) is 48.9. The molecule has 2 saturated heterocycles. The van der Waals surface area contributed by atoms with E-state index in [0.29, 0.717) is 28.0 Å². The Balaban J connectivity index is 1.61. The number of nitrogens with zero attached hydrogens (tertiary/aromatic N) is 4. The van der Waals surface area contributed by atoms with E-state index in [4.69, 9.17) is 4.98 Å². The minimum atomic E-state index is -1.54. The highest BCUT2D eigenvalue weighted by Crippen LogP contribution is 2.56. The molecule has 5 aliphatic heterocycles. The van der Waals surface area contributed by atoms with Crippen molar-refractivity contribution >= 4 is 28.4 Å². The summed E-state index contributed by atoms with van der Waals surface area (Å²) in [7, 11) is 0. The van der Waals surface area contributed by atoms with E-state index in [2.05, 4.69) is 5.32 Å². The van der Waals surface area contributed by atoms with Crippen molar-refractivity contribution < 1.29 is 14.7 Å². The smallest absolute Gasteiger partial charge is 0.262 e. The SMILES string of the molecule is C[C@H]1C(=O)N2c3ccccc3[C@@]3(O)C[C@@H]4C(=O)N[C@](C)(c5nc6ccccc6c(=O)n54)N1C23. The molecule has 2 N–H and O–H groups in total. The van der Waals surface area contributed by atoms with Crippen molar-refractivity contribution in [2.24, 2.45) is 0 Å². The second-order valence-corrected chi connectivity index (χ2v) is 9.52. The van der Waals surface area contributed by atoms with Gasteiger partial charge in [-0.05, 0) is 32.0 Å². The number of benzene rings is 2. The van der Waals surface area contributed by atoms with Gasteiger partial charge in [-0.25, -0.2) is 9.88 Å². The fourth-order valence-corrected chi connectivity index (χ4v) is 6.44. The Hall–Kier alpha value is -3.56. The third-order valence-electron chi connectivity index (χ3n) is 7.82. The van der Waals surface area contributed by atoms with Crippen molar-refractivity contribution in [1.29, 1.82) is 0 Å². The van der Waals surface area contributed by atoms with Crippen molar-refractivity contribution in [3.63, 3.8) is 0 Å². The highest BCUT2D eigenvalue weighted by atomic mass is 16.3. The first-order chi connectivity index (χ1) is 15.8. The average molecular weight is 443 g/mol. The normalized spacial score (nSPS) is 34.0. The molecule has 0 aliphatic carbocycles. The number of amides is 2. The van der Waals surface area contributed by atoms with Crippen molar-refractivity contribution in [1.82, 2.24) is 19.8 Å². The molecule has 0 radical (unpaired) electrons. The van der Waals surface area contributed by atoms with Gasteiger partial charge in [0.1, 0.15) is 17.8 Å². The number of hydrogen-bond acceptors (Lipinski definition) is 6. The molecule has 9 heteroatoms. The van der Waals surface area contributed by atoms with Gasteiger partial charge in [-0.15, -0.1) is 0 Å². The number of carbonyl (C=O) groups is 2. The number of nitrogens with one attached hydrogen (secondary N) is 1. The van der Waals surface area contributed by atoms with Crippen LogP contribution in [0.25, 0.3) is 10.9 Å². The van der Waals surface area contributed by atoms with E-state index in [-0.39, 0.29) is 23.8 Å². The molecule has 6 heterocycles. The summed E-state index contributed by atoms with van der Waals surface area (Å²) in [5.74, 6) is -0.173. The van der Waals surface area contributed by atoms with Crippen LogP contribution in [-0.4, -0.2) is 43.6 Å². The maximum absolute atomic E-state index is 13.7. The quantitative estimate of drug-likeness (QED) is 0.535. The first-order valence-corrected chi connectivity index (χ1v) is 11.0. The molecule has 1 aromatic heterocycles. The van der Waals surface area contributed by atoms with Crippen LogP contribution < -0.4 is 15.8 Å². The van der Waals surface area contributed by atoms with Gasteiger partial charge in [0.05, 0.1) is 22.6 Å². The molecule has 2 bridgehead atoms. The lowest BCUT2D eigenvalue weighted by Crippen LogP contribution is -2.71. The van der Waals surface area contributed by atoms with Crippen molar-refractivity contribution in [2.75, 3.05) is 4.90 Å². The molecular formula is C24H21N5O4.